The first kappa shape index (κ1) is 67.2. The SMILES string of the molecule is CC1CCN(C)C1.CC1[CH-]CN(C)C1.CC1[CH-]CN(C)C1.CN1CCC(C)(C)C1.CN1C[CH-]C(C)(C)C1.C[C-]1C(C)C[C-]2CN(C)CC21C.[Re].[Re].[Re].[Rf].[Rf].[Rf].[Rh]. The Morgan fingerprint density at radius 1 is 0.589 bits per heavy atom. The minimum atomic E-state index is 0. The van der Waals surface area contributed by atoms with Crippen molar-refractivity contribution in [2.24, 2.45) is 39.9 Å². The third-order valence-electron chi connectivity index (χ3n) is 12.0. The molecule has 0 N–H and O–H groups in total. The molecule has 328 valence electrons. The van der Waals surface area contributed by atoms with Gasteiger partial charge < -0.3 is 60.5 Å². The van der Waals surface area contributed by atoms with Gasteiger partial charge >= 0.3 is 0 Å². The molecule has 1 aliphatic carbocycles. The summed E-state index contributed by atoms with van der Waals surface area (Å²) in [5.41, 5.74) is 1.53. The van der Waals surface area contributed by atoms with E-state index in [4.69, 9.17) is 0 Å². The van der Waals surface area contributed by atoms with Crippen LogP contribution in [0.15, 0.2) is 0 Å². The third-order valence-corrected chi connectivity index (χ3v) is 12.0. The average Bonchev–Trinajstić information content (AvgIpc) is 3.85. The second kappa shape index (κ2) is 30.4. The Morgan fingerprint density at radius 2 is 1.09 bits per heavy atom. The molecule has 0 bridgehead atoms. The topological polar surface area (TPSA) is 19.4 Å². The number of hydrogen-bond acceptors (Lipinski definition) is 6. The van der Waals surface area contributed by atoms with Crippen molar-refractivity contribution in [1.82, 2.24) is 29.4 Å². The van der Waals surface area contributed by atoms with Crippen LogP contribution in [0.3, 0.4) is 0 Å². The summed E-state index contributed by atoms with van der Waals surface area (Å²) in [6.07, 6.45) is 11.2. The molecular formula is C43H85N6Re3Rf3Rh-5. The van der Waals surface area contributed by atoms with Gasteiger partial charge in [0, 0.05) is 93.8 Å². The van der Waals surface area contributed by atoms with Crippen LogP contribution in [0.5, 0.6) is 0 Å². The molecule has 6 nitrogen and oxygen atoms in total. The van der Waals surface area contributed by atoms with Crippen LogP contribution in [0.4, 0.5) is 0 Å². The van der Waals surface area contributed by atoms with Gasteiger partial charge in [-0.3, -0.25) is 5.41 Å². The molecule has 56 heavy (non-hydrogen) atoms. The van der Waals surface area contributed by atoms with E-state index < -0.39 is 0 Å². The fourth-order valence-electron chi connectivity index (χ4n) is 8.73. The predicted octanol–water partition coefficient (Wildman–Crippen LogP) is 7.15. The molecule has 5 atom stereocenters. The molecule has 6 heterocycles. The van der Waals surface area contributed by atoms with Crippen LogP contribution in [-0.2, 0) is 80.7 Å². The Labute approximate surface area is 387 Å². The van der Waals surface area contributed by atoms with Crippen LogP contribution in [0.25, 0.3) is 0 Å². The first-order chi connectivity index (χ1) is 22.6. The molecule has 0 aromatic rings. The Balaban J connectivity index is -0.000000132. The van der Waals surface area contributed by atoms with Gasteiger partial charge in [-0.1, -0.05) is 61.9 Å². The van der Waals surface area contributed by atoms with Crippen LogP contribution in [0.2, 0.25) is 0 Å². The first-order valence-corrected chi connectivity index (χ1v) is 19.9. The van der Waals surface area contributed by atoms with Gasteiger partial charge in [-0.2, -0.15) is 24.7 Å². The molecule has 0 aromatic heterocycles. The zero-order chi connectivity index (χ0) is 37.2. The maximum absolute atomic E-state index is 2.45. The number of likely N-dealkylation sites (tertiary alicyclic amines) is 6. The van der Waals surface area contributed by atoms with E-state index in [9.17, 15) is 0 Å². The summed E-state index contributed by atoms with van der Waals surface area (Å²) in [4.78, 5) is 14.2. The monoisotopic (exact) mass is 2150 g/mol. The van der Waals surface area contributed by atoms with Crippen molar-refractivity contribution in [3.63, 3.8) is 0 Å². The quantitative estimate of drug-likeness (QED) is 0.189. The Bertz CT molecular complexity index is 857. The zero-order valence-electron chi connectivity index (χ0n) is 39.4. The minimum Gasteiger partial charge on any atom is -0.340 e. The van der Waals surface area contributed by atoms with Crippen molar-refractivity contribution in [3.05, 3.63) is 31.1 Å². The summed E-state index contributed by atoms with van der Waals surface area (Å²) in [7, 11) is 13.1. The van der Waals surface area contributed by atoms with Crippen LogP contribution >= 0.6 is 0 Å². The summed E-state index contributed by atoms with van der Waals surface area (Å²) >= 11 is 0. The predicted molar refractivity (Wildman–Crippen MR) is 216 cm³/mol. The Hall–Kier alpha value is -0.630. The van der Waals surface area contributed by atoms with E-state index >= 15 is 0 Å². The van der Waals surface area contributed by atoms with Crippen molar-refractivity contribution in [1.29, 1.82) is 0 Å². The van der Waals surface area contributed by atoms with E-state index in [0.29, 0.717) is 16.2 Å². The van der Waals surface area contributed by atoms with E-state index in [0.717, 1.165) is 30.2 Å². The van der Waals surface area contributed by atoms with Crippen molar-refractivity contribution in [2.75, 3.05) is 121 Å². The molecule has 4 radical (unpaired) electrons. The number of rotatable bonds is 0. The second-order valence-electron chi connectivity index (χ2n) is 19.5. The maximum atomic E-state index is 2.45. The summed E-state index contributed by atoms with van der Waals surface area (Å²) in [5.74, 6) is 6.91. The number of fused-ring (bicyclic) bond motifs is 1. The summed E-state index contributed by atoms with van der Waals surface area (Å²) in [5, 5.41) is 0. The molecule has 0 amide bonds. The second-order valence-corrected chi connectivity index (χ2v) is 19.5. The van der Waals surface area contributed by atoms with Crippen molar-refractivity contribution in [3.8, 4) is 0 Å². The van der Waals surface area contributed by atoms with Crippen LogP contribution < -0.4 is 0 Å². The van der Waals surface area contributed by atoms with Gasteiger partial charge in [0.05, 0.1) is 0 Å². The van der Waals surface area contributed by atoms with Crippen LogP contribution in [-0.4, -0.2) is 150 Å². The normalized spacial score (nSPS) is 30.9. The fraction of sp³-hybridized carbons (Fsp3) is 0.884. The van der Waals surface area contributed by atoms with Gasteiger partial charge in [0.1, 0.15) is 0 Å². The molecule has 7 rings (SSSR count). The maximum Gasteiger partial charge on any atom is 0.00301 e. The van der Waals surface area contributed by atoms with Crippen LogP contribution in [0, 0.1) is 71.0 Å². The van der Waals surface area contributed by atoms with Gasteiger partial charge in [-0.25, -0.2) is 6.42 Å². The standard InChI is InChI=1S/C11H19N.C7H15N.C7H14N.C6H13N.2C6H12N.3Re.3Rf.Rh/c1-8-5-10-6-12(4)7-11(10,3)9(8)2;2*1-7(2)4-5-8(3)6-7;3*1-6-3-4-7(2)5-6;;;;;;;/h8H,5-7H2,1-4H3;4-6H2,1-3H3;4H,5-6H2,1-3H3;6H,3-5H2,1-2H3;2*3,6H,4-5H2,1-2H3;;;;;;;/q-2;;-1;;2*-1;;;;;;;. The van der Waals surface area contributed by atoms with Crippen molar-refractivity contribution >= 4 is 0 Å². The molecule has 5 unspecified atom stereocenters. The Kier molecular flexibility index (Phi) is 36.5. The van der Waals surface area contributed by atoms with Gasteiger partial charge in [0.2, 0.25) is 0 Å². The van der Waals surface area contributed by atoms with Gasteiger partial charge in [-0.05, 0) is 99.2 Å². The van der Waals surface area contributed by atoms with E-state index in [1.165, 1.54) is 91.3 Å². The third kappa shape index (κ3) is 24.5. The minimum absolute atomic E-state index is 0. The van der Waals surface area contributed by atoms with Crippen LogP contribution in [0.1, 0.15) is 88.5 Å². The molecule has 6 saturated heterocycles. The summed E-state index contributed by atoms with van der Waals surface area (Å²) in [6.45, 7) is 38.0. The zero-order valence-corrected chi connectivity index (χ0v) is 68.4. The molecule has 7 aliphatic rings. The van der Waals surface area contributed by atoms with E-state index in [1.807, 2.05) is 0 Å². The van der Waals surface area contributed by atoms with E-state index in [2.05, 4.69) is 160 Å². The molecule has 1 saturated carbocycles. The van der Waals surface area contributed by atoms with E-state index in [1.54, 1.807) is 11.8 Å². The number of nitrogens with zero attached hydrogens (tertiary/aromatic N) is 6. The molecule has 7 fully saturated rings. The molecule has 0 aromatic carbocycles. The smallest absolute Gasteiger partial charge is 0.00301 e. The molecule has 0 spiro atoms. The van der Waals surface area contributed by atoms with Gasteiger partial charge in [0.15, 0.2) is 0 Å². The molecular weight excluding hydrogens is 2060 g/mol. The van der Waals surface area contributed by atoms with Crippen molar-refractivity contribution in [2.45, 2.75) is 88.5 Å². The molecule has 13 heteroatoms. The molecule has 6 aliphatic heterocycles. The summed E-state index contributed by atoms with van der Waals surface area (Å²) in [6, 6.07) is 0. The summed E-state index contributed by atoms with van der Waals surface area (Å²) < 4.78 is 0. The van der Waals surface area contributed by atoms with Crippen molar-refractivity contribution < 1.29 is 80.7 Å². The first-order valence-electron chi connectivity index (χ1n) is 19.9. The van der Waals surface area contributed by atoms with Gasteiger partial charge in [-0.15, -0.1) is 38.5 Å². The largest absolute Gasteiger partial charge is 0.340 e. The number of hydrogen-bond donors (Lipinski definition) is 0. The van der Waals surface area contributed by atoms with E-state index in [-0.39, 0.29) is 80.7 Å². The van der Waals surface area contributed by atoms with Gasteiger partial charge in [0.25, 0.3) is 0 Å². The Morgan fingerprint density at radius 3 is 1.29 bits per heavy atom. The average molecular weight is 2150 g/mol. The fourth-order valence-corrected chi connectivity index (χ4v) is 8.73.